The van der Waals surface area contributed by atoms with Crippen LogP contribution in [0.2, 0.25) is 0 Å². The number of benzene rings is 1. The summed E-state index contributed by atoms with van der Waals surface area (Å²) < 4.78 is 25.7. The first-order valence-corrected chi connectivity index (χ1v) is 6.95. The van der Waals surface area contributed by atoms with Crippen molar-refractivity contribution in [1.29, 1.82) is 0 Å². The molecule has 0 aliphatic carbocycles. The minimum absolute atomic E-state index is 0.0139. The monoisotopic (exact) mass is 285 g/mol. The molecule has 0 radical (unpaired) electrons. The van der Waals surface area contributed by atoms with Crippen molar-refractivity contribution < 1.29 is 8.42 Å². The SMILES string of the molecule is [C-]#[N+]c1ccc2nnn(S(=O)(=O)c3cccnc3)c2c1. The van der Waals surface area contributed by atoms with Crippen molar-refractivity contribution in [2.75, 3.05) is 0 Å². The van der Waals surface area contributed by atoms with Crippen LogP contribution in [0.25, 0.3) is 15.9 Å². The van der Waals surface area contributed by atoms with Gasteiger partial charge in [0.1, 0.15) is 10.4 Å². The lowest BCUT2D eigenvalue weighted by molar-refractivity contribution is 0.579. The van der Waals surface area contributed by atoms with Crippen LogP contribution in [0.15, 0.2) is 47.6 Å². The molecule has 0 bridgehead atoms. The van der Waals surface area contributed by atoms with E-state index >= 15 is 0 Å². The van der Waals surface area contributed by atoms with Gasteiger partial charge in [-0.15, -0.1) is 9.19 Å². The molecule has 2 aromatic heterocycles. The van der Waals surface area contributed by atoms with E-state index in [9.17, 15) is 8.42 Å². The molecule has 0 fully saturated rings. The number of rotatable bonds is 2. The number of aromatic nitrogens is 4. The second kappa shape index (κ2) is 4.40. The van der Waals surface area contributed by atoms with Gasteiger partial charge in [0.15, 0.2) is 5.69 Å². The summed E-state index contributed by atoms with van der Waals surface area (Å²) in [7, 11) is -3.87. The Morgan fingerprint density at radius 3 is 2.80 bits per heavy atom. The van der Waals surface area contributed by atoms with Gasteiger partial charge in [-0.1, -0.05) is 11.3 Å². The second-order valence-corrected chi connectivity index (χ2v) is 5.68. The van der Waals surface area contributed by atoms with Gasteiger partial charge >= 0.3 is 0 Å². The molecule has 0 N–H and O–H groups in total. The topological polar surface area (TPSA) is 82.1 Å². The van der Waals surface area contributed by atoms with E-state index in [-0.39, 0.29) is 10.4 Å². The standard InChI is InChI=1S/C12H7N5O2S/c1-13-9-4-5-11-12(7-9)17(16-15-11)20(18,19)10-3-2-6-14-8-10/h2-8H. The number of hydrogen-bond acceptors (Lipinski definition) is 5. The van der Waals surface area contributed by atoms with E-state index in [2.05, 4.69) is 20.1 Å². The summed E-state index contributed by atoms with van der Waals surface area (Å²) >= 11 is 0. The molecule has 3 aromatic rings. The highest BCUT2D eigenvalue weighted by Gasteiger charge is 2.21. The van der Waals surface area contributed by atoms with Gasteiger partial charge < -0.3 is 0 Å². The Balaban J connectivity index is 2.28. The highest BCUT2D eigenvalue weighted by Crippen LogP contribution is 2.22. The molecule has 8 heteroatoms. The highest BCUT2D eigenvalue weighted by atomic mass is 32.2. The summed E-state index contributed by atoms with van der Waals surface area (Å²) in [6, 6.07) is 7.51. The van der Waals surface area contributed by atoms with Crippen LogP contribution in [-0.4, -0.2) is 27.8 Å². The zero-order chi connectivity index (χ0) is 14.2. The van der Waals surface area contributed by atoms with Gasteiger partial charge in [0.05, 0.1) is 12.1 Å². The minimum atomic E-state index is -3.87. The molecule has 3 rings (SSSR count). The molecule has 1 aromatic carbocycles. The fourth-order valence-electron chi connectivity index (χ4n) is 1.73. The van der Waals surface area contributed by atoms with Crippen molar-refractivity contribution in [3.63, 3.8) is 0 Å². The lowest BCUT2D eigenvalue weighted by Gasteiger charge is -2.03. The third-order valence-corrected chi connectivity index (χ3v) is 4.25. The first-order chi connectivity index (χ1) is 9.63. The third kappa shape index (κ3) is 1.81. The second-order valence-electron chi connectivity index (χ2n) is 3.91. The summed E-state index contributed by atoms with van der Waals surface area (Å²) in [5.74, 6) is 0. The van der Waals surface area contributed by atoms with Crippen molar-refractivity contribution in [2.45, 2.75) is 4.90 Å². The Morgan fingerprint density at radius 1 is 1.25 bits per heavy atom. The van der Waals surface area contributed by atoms with E-state index in [0.717, 1.165) is 4.09 Å². The molecule has 0 saturated heterocycles. The normalized spacial score (nSPS) is 11.3. The van der Waals surface area contributed by atoms with Crippen LogP contribution < -0.4 is 0 Å². The Hall–Kier alpha value is -2.79. The summed E-state index contributed by atoms with van der Waals surface area (Å²) in [4.78, 5) is 7.07. The first kappa shape index (κ1) is 12.3. The zero-order valence-electron chi connectivity index (χ0n) is 10.0. The van der Waals surface area contributed by atoms with E-state index in [4.69, 9.17) is 6.57 Å². The number of pyridine rings is 1. The number of fused-ring (bicyclic) bond motifs is 1. The van der Waals surface area contributed by atoms with Gasteiger partial charge in [-0.05, 0) is 24.3 Å². The van der Waals surface area contributed by atoms with Crippen LogP contribution in [0.3, 0.4) is 0 Å². The smallest absolute Gasteiger partial charge is 0.263 e. The van der Waals surface area contributed by atoms with Gasteiger partial charge in [0.2, 0.25) is 0 Å². The van der Waals surface area contributed by atoms with Gasteiger partial charge in [-0.25, -0.2) is 4.85 Å². The lowest BCUT2D eigenvalue weighted by atomic mass is 10.3. The number of hydrogen-bond donors (Lipinski definition) is 0. The summed E-state index contributed by atoms with van der Waals surface area (Å²) in [6.07, 6.45) is 2.72. The molecule has 7 nitrogen and oxygen atoms in total. The number of nitrogens with zero attached hydrogens (tertiary/aromatic N) is 5. The summed E-state index contributed by atoms with van der Waals surface area (Å²) in [5, 5.41) is 7.46. The maximum absolute atomic E-state index is 12.5. The molecule has 0 unspecified atom stereocenters. The predicted molar refractivity (Wildman–Crippen MR) is 70.6 cm³/mol. The molecule has 0 saturated carbocycles. The van der Waals surface area contributed by atoms with E-state index in [1.165, 1.54) is 30.6 Å². The van der Waals surface area contributed by atoms with E-state index in [1.807, 2.05) is 0 Å². The van der Waals surface area contributed by atoms with Gasteiger partial charge in [0, 0.05) is 12.4 Å². The highest BCUT2D eigenvalue weighted by molar-refractivity contribution is 7.90. The van der Waals surface area contributed by atoms with Gasteiger partial charge in [0.25, 0.3) is 10.0 Å². The van der Waals surface area contributed by atoms with Crippen molar-refractivity contribution in [3.05, 3.63) is 54.1 Å². The third-order valence-electron chi connectivity index (χ3n) is 2.69. The van der Waals surface area contributed by atoms with Crippen LogP contribution in [0.1, 0.15) is 0 Å². The Kier molecular flexibility index (Phi) is 2.69. The Bertz CT molecular complexity index is 925. The van der Waals surface area contributed by atoms with E-state index in [1.54, 1.807) is 12.1 Å². The van der Waals surface area contributed by atoms with Crippen molar-refractivity contribution in [3.8, 4) is 0 Å². The van der Waals surface area contributed by atoms with Crippen LogP contribution in [0.5, 0.6) is 0 Å². The van der Waals surface area contributed by atoms with Crippen LogP contribution >= 0.6 is 0 Å². The Labute approximate surface area is 114 Å². The van der Waals surface area contributed by atoms with Crippen molar-refractivity contribution in [2.24, 2.45) is 0 Å². The maximum Gasteiger partial charge on any atom is 0.286 e. The maximum atomic E-state index is 12.5. The molecule has 0 spiro atoms. The summed E-state index contributed by atoms with van der Waals surface area (Å²) in [5.41, 5.74) is 0.995. The molecule has 20 heavy (non-hydrogen) atoms. The molecule has 0 atom stereocenters. The fraction of sp³-hybridized carbons (Fsp3) is 0. The predicted octanol–water partition coefficient (Wildman–Crippen LogP) is 1.61. The lowest BCUT2D eigenvalue weighted by Crippen LogP contribution is -2.14. The molecule has 0 amide bonds. The van der Waals surface area contributed by atoms with Crippen LogP contribution in [0.4, 0.5) is 5.69 Å². The molecule has 0 aliphatic heterocycles. The molecular formula is C12H7N5O2S. The summed E-state index contributed by atoms with van der Waals surface area (Å²) in [6.45, 7) is 6.98. The Morgan fingerprint density at radius 2 is 2.10 bits per heavy atom. The van der Waals surface area contributed by atoms with Crippen LogP contribution in [-0.2, 0) is 10.0 Å². The molecule has 98 valence electrons. The minimum Gasteiger partial charge on any atom is -0.263 e. The molecular weight excluding hydrogens is 278 g/mol. The van der Waals surface area contributed by atoms with Crippen molar-refractivity contribution in [1.82, 2.24) is 19.4 Å². The molecule has 0 aliphatic rings. The largest absolute Gasteiger partial charge is 0.286 e. The van der Waals surface area contributed by atoms with E-state index in [0.29, 0.717) is 11.2 Å². The van der Waals surface area contributed by atoms with E-state index < -0.39 is 10.0 Å². The fourth-order valence-corrected chi connectivity index (χ4v) is 2.92. The van der Waals surface area contributed by atoms with Crippen molar-refractivity contribution >= 4 is 26.7 Å². The quantitative estimate of drug-likeness (QED) is 0.668. The molecule has 2 heterocycles. The van der Waals surface area contributed by atoms with Gasteiger partial charge in [-0.3, -0.25) is 4.98 Å². The first-order valence-electron chi connectivity index (χ1n) is 5.51. The van der Waals surface area contributed by atoms with Crippen LogP contribution in [0, 0.1) is 6.57 Å². The zero-order valence-corrected chi connectivity index (χ0v) is 10.8. The average molecular weight is 285 g/mol. The average Bonchev–Trinajstić information content (AvgIpc) is 2.91. The van der Waals surface area contributed by atoms with Gasteiger partial charge in [-0.2, -0.15) is 8.42 Å².